The van der Waals surface area contributed by atoms with E-state index >= 15 is 0 Å². The minimum Gasteiger partial charge on any atom is -0.497 e. The third-order valence-corrected chi connectivity index (χ3v) is 7.60. The molecule has 0 radical (unpaired) electrons. The van der Waals surface area contributed by atoms with E-state index in [1.54, 1.807) is 7.11 Å². The van der Waals surface area contributed by atoms with Gasteiger partial charge in [-0.2, -0.15) is 0 Å². The third kappa shape index (κ3) is 4.25. The number of methoxy groups -OCH3 is 1. The lowest BCUT2D eigenvalue weighted by Crippen LogP contribution is -2.47. The van der Waals surface area contributed by atoms with Crippen LogP contribution in [0.1, 0.15) is 56.1 Å². The van der Waals surface area contributed by atoms with Crippen LogP contribution in [-0.2, 0) is 30.2 Å². The Morgan fingerprint density at radius 3 is 2.83 bits per heavy atom. The molecule has 4 aliphatic rings. The number of hydrogen-bond acceptors (Lipinski definition) is 9. The zero-order valence-corrected chi connectivity index (χ0v) is 20.3. The maximum absolute atomic E-state index is 13.0. The van der Waals surface area contributed by atoms with Crippen molar-refractivity contribution in [1.82, 2.24) is 4.90 Å². The van der Waals surface area contributed by atoms with Gasteiger partial charge < -0.3 is 28.8 Å². The quantitative estimate of drug-likeness (QED) is 0.437. The first kappa shape index (κ1) is 23.9. The van der Waals surface area contributed by atoms with Gasteiger partial charge in [0.25, 0.3) is 0 Å². The van der Waals surface area contributed by atoms with E-state index in [-0.39, 0.29) is 24.9 Å². The minimum absolute atomic E-state index is 0.181. The summed E-state index contributed by atoms with van der Waals surface area (Å²) in [6, 6.07) is 4.03. The Balaban J connectivity index is 1.43. The normalized spacial score (nSPS) is 27.2. The number of carbonyl (C=O) groups excluding carboxylic acids is 2. The molecule has 3 aliphatic heterocycles. The van der Waals surface area contributed by atoms with Crippen molar-refractivity contribution in [2.45, 2.75) is 69.1 Å². The number of esters is 2. The summed E-state index contributed by atoms with van der Waals surface area (Å²) in [6.45, 7) is 4.24. The van der Waals surface area contributed by atoms with Crippen LogP contribution in [-0.4, -0.2) is 73.3 Å². The third-order valence-electron chi connectivity index (χ3n) is 7.60. The summed E-state index contributed by atoms with van der Waals surface area (Å²) < 4.78 is 28.0. The number of benzene rings is 1. The van der Waals surface area contributed by atoms with Crippen LogP contribution in [0.15, 0.2) is 24.0 Å². The van der Waals surface area contributed by atoms with Crippen molar-refractivity contribution in [1.29, 1.82) is 0 Å². The van der Waals surface area contributed by atoms with Crippen LogP contribution in [0, 0.1) is 0 Å². The fraction of sp³-hybridized carbons (Fsp3) is 0.615. The van der Waals surface area contributed by atoms with Gasteiger partial charge >= 0.3 is 11.9 Å². The van der Waals surface area contributed by atoms with Crippen molar-refractivity contribution < 1.29 is 38.4 Å². The Bertz CT molecular complexity index is 1020. The van der Waals surface area contributed by atoms with Crippen LogP contribution in [0.25, 0.3) is 0 Å². The summed E-state index contributed by atoms with van der Waals surface area (Å²) in [6.07, 6.45) is 3.67. The number of aliphatic hydroxyl groups excluding tert-OH is 1. The zero-order valence-electron chi connectivity index (χ0n) is 20.3. The Kier molecular flexibility index (Phi) is 6.63. The van der Waals surface area contributed by atoms with Crippen LogP contribution in [0.4, 0.5) is 0 Å². The molecule has 9 heteroatoms. The molecule has 0 aromatic heterocycles. The Labute approximate surface area is 204 Å². The fourth-order valence-electron chi connectivity index (χ4n) is 5.93. The summed E-state index contributed by atoms with van der Waals surface area (Å²) in [7, 11) is 1.57. The van der Waals surface area contributed by atoms with Gasteiger partial charge in [0.05, 0.1) is 31.6 Å². The molecule has 2 unspecified atom stereocenters. The van der Waals surface area contributed by atoms with Gasteiger partial charge in [-0.3, -0.25) is 9.69 Å². The molecular weight excluding hydrogens is 454 g/mol. The maximum Gasteiger partial charge on any atom is 0.336 e. The fourth-order valence-corrected chi connectivity index (χ4v) is 5.93. The summed E-state index contributed by atoms with van der Waals surface area (Å²) in [5.41, 5.74) is 1.80. The molecule has 0 bridgehead atoms. The first-order valence-corrected chi connectivity index (χ1v) is 12.4. The van der Waals surface area contributed by atoms with E-state index in [9.17, 15) is 14.7 Å². The highest BCUT2D eigenvalue weighted by Gasteiger charge is 2.58. The van der Waals surface area contributed by atoms with Gasteiger partial charge in [0.2, 0.25) is 6.79 Å². The van der Waals surface area contributed by atoms with E-state index in [1.807, 2.05) is 19.1 Å². The number of fused-ring (bicyclic) bond motifs is 3. The Morgan fingerprint density at radius 2 is 2.06 bits per heavy atom. The van der Waals surface area contributed by atoms with Gasteiger partial charge in [-0.1, -0.05) is 13.3 Å². The number of nitrogens with zero attached hydrogens (tertiary/aromatic N) is 1. The van der Waals surface area contributed by atoms with Crippen molar-refractivity contribution in [2.75, 3.05) is 33.6 Å². The Morgan fingerprint density at radius 1 is 1.26 bits per heavy atom. The van der Waals surface area contributed by atoms with Crippen LogP contribution in [0.5, 0.6) is 11.5 Å². The number of aliphatic hydroxyl groups is 1. The molecule has 1 saturated heterocycles. The van der Waals surface area contributed by atoms with Crippen LogP contribution >= 0.6 is 0 Å². The number of ether oxygens (including phenoxy) is 5. The average molecular weight is 488 g/mol. The van der Waals surface area contributed by atoms with Gasteiger partial charge in [-0.25, -0.2) is 4.79 Å². The molecule has 1 aromatic carbocycles. The minimum atomic E-state index is -1.61. The van der Waals surface area contributed by atoms with Crippen molar-refractivity contribution in [3.05, 3.63) is 35.1 Å². The lowest BCUT2D eigenvalue weighted by atomic mass is 9.77. The van der Waals surface area contributed by atoms with E-state index in [1.165, 1.54) is 0 Å². The number of carbonyl (C=O) groups is 2. The van der Waals surface area contributed by atoms with Gasteiger partial charge in [0.1, 0.15) is 5.76 Å². The molecule has 3 heterocycles. The number of rotatable bonds is 8. The standard InChI is InChI=1S/C26H33NO8/c1-3-4-10-32-22(29)13-18(28)25(30)35-24-21(31-2)14-26-7-5-8-27(26)9-6-16-11-19-20(34-15-33-19)12-17(16)23(24)26/h11-12,14,18,23-24,28H,3-10,13,15H2,1-2H3/t18-,23-,24?,26?/m1/s1. The second kappa shape index (κ2) is 9.70. The predicted octanol–water partition coefficient (Wildman–Crippen LogP) is 2.44. The highest BCUT2D eigenvalue weighted by molar-refractivity contribution is 5.82. The van der Waals surface area contributed by atoms with Gasteiger partial charge in [-0.15, -0.1) is 0 Å². The molecule has 5 rings (SSSR count). The lowest BCUT2D eigenvalue weighted by molar-refractivity contribution is -0.165. The molecule has 0 amide bonds. The number of hydrogen-bond donors (Lipinski definition) is 1. The lowest BCUT2D eigenvalue weighted by Gasteiger charge is -2.39. The zero-order chi connectivity index (χ0) is 24.6. The molecule has 190 valence electrons. The SMILES string of the molecule is CCCCOC(=O)C[C@@H](O)C(=O)OC1C(OC)=CC23CCCN2CCc2cc4c(cc2[C@H]13)OCO4. The predicted molar refractivity (Wildman–Crippen MR) is 124 cm³/mol. The molecule has 0 saturated carbocycles. The molecule has 35 heavy (non-hydrogen) atoms. The van der Waals surface area contributed by atoms with Gasteiger partial charge in [-0.05, 0) is 61.6 Å². The molecule has 4 atom stereocenters. The van der Waals surface area contributed by atoms with Crippen LogP contribution in [0.3, 0.4) is 0 Å². The van der Waals surface area contributed by atoms with E-state index < -0.39 is 30.6 Å². The summed E-state index contributed by atoms with van der Waals surface area (Å²) in [5, 5.41) is 10.4. The molecule has 1 spiro atoms. The summed E-state index contributed by atoms with van der Waals surface area (Å²) >= 11 is 0. The van der Waals surface area contributed by atoms with Crippen molar-refractivity contribution >= 4 is 11.9 Å². The molecule has 9 nitrogen and oxygen atoms in total. The highest BCUT2D eigenvalue weighted by atomic mass is 16.7. The first-order valence-electron chi connectivity index (χ1n) is 12.4. The summed E-state index contributed by atoms with van der Waals surface area (Å²) in [4.78, 5) is 27.4. The molecular formula is C26H33NO8. The molecule has 1 N–H and O–H groups in total. The average Bonchev–Trinajstić information content (AvgIpc) is 3.53. The molecule has 1 aliphatic carbocycles. The van der Waals surface area contributed by atoms with Crippen molar-refractivity contribution in [3.8, 4) is 11.5 Å². The van der Waals surface area contributed by atoms with Gasteiger partial charge in [0.15, 0.2) is 23.7 Å². The Hall–Kier alpha value is -2.78. The van der Waals surface area contributed by atoms with Crippen molar-refractivity contribution in [3.63, 3.8) is 0 Å². The maximum atomic E-state index is 13.0. The molecule has 1 fully saturated rings. The van der Waals surface area contributed by atoms with Crippen LogP contribution < -0.4 is 9.47 Å². The van der Waals surface area contributed by atoms with Crippen molar-refractivity contribution in [2.24, 2.45) is 0 Å². The second-order valence-corrected chi connectivity index (χ2v) is 9.62. The van der Waals surface area contributed by atoms with E-state index in [2.05, 4.69) is 11.0 Å². The van der Waals surface area contributed by atoms with E-state index in [0.717, 1.165) is 62.1 Å². The first-order chi connectivity index (χ1) is 17.0. The second-order valence-electron chi connectivity index (χ2n) is 9.62. The summed E-state index contributed by atoms with van der Waals surface area (Å²) in [5.74, 6) is 0.235. The smallest absolute Gasteiger partial charge is 0.336 e. The van der Waals surface area contributed by atoms with Gasteiger partial charge in [0, 0.05) is 6.54 Å². The largest absolute Gasteiger partial charge is 0.497 e. The van der Waals surface area contributed by atoms with Crippen LogP contribution in [0.2, 0.25) is 0 Å². The van der Waals surface area contributed by atoms with E-state index in [4.69, 9.17) is 23.7 Å². The molecule has 1 aromatic rings. The highest BCUT2D eigenvalue weighted by Crippen LogP contribution is 2.55. The topological polar surface area (TPSA) is 104 Å². The number of unbranched alkanes of at least 4 members (excludes halogenated alkanes) is 1. The monoisotopic (exact) mass is 487 g/mol. The van der Waals surface area contributed by atoms with E-state index in [0.29, 0.717) is 11.5 Å².